The van der Waals surface area contributed by atoms with Crippen molar-refractivity contribution in [2.24, 2.45) is 0 Å². The fourth-order valence-corrected chi connectivity index (χ4v) is 4.06. The highest BCUT2D eigenvalue weighted by atomic mass is 32.2. The monoisotopic (exact) mass is 461 g/mol. The van der Waals surface area contributed by atoms with Crippen LogP contribution in [0.15, 0.2) is 83.8 Å². The summed E-state index contributed by atoms with van der Waals surface area (Å²) in [4.78, 5) is 13.1. The summed E-state index contributed by atoms with van der Waals surface area (Å²) in [7, 11) is -1.85. The van der Waals surface area contributed by atoms with Crippen LogP contribution in [0, 0.1) is 6.92 Å². The van der Waals surface area contributed by atoms with Gasteiger partial charge in [0.25, 0.3) is 5.91 Å². The number of hydrogen-bond acceptors (Lipinski definition) is 5. The zero-order chi connectivity index (χ0) is 23.6. The zero-order valence-electron chi connectivity index (χ0n) is 18.4. The van der Waals surface area contributed by atoms with Crippen molar-refractivity contribution in [3.05, 3.63) is 90.0 Å². The maximum Gasteiger partial charge on any atom is 0.256 e. The van der Waals surface area contributed by atoms with Gasteiger partial charge in [-0.05, 0) is 49.4 Å². The number of ether oxygens (including phenoxy) is 1. The molecule has 7 nitrogen and oxygen atoms in total. The SMILES string of the molecule is COc1ccccc1-c1cc(NC(=O)c2cccc(S(C)(=O)=O)c2)n(-c2ccc(C)cc2)n1. The van der Waals surface area contributed by atoms with Crippen LogP contribution in [0.1, 0.15) is 15.9 Å². The highest BCUT2D eigenvalue weighted by Gasteiger charge is 2.18. The molecule has 8 heteroatoms. The van der Waals surface area contributed by atoms with E-state index in [1.165, 1.54) is 12.1 Å². The van der Waals surface area contributed by atoms with E-state index in [4.69, 9.17) is 9.84 Å². The van der Waals surface area contributed by atoms with Crippen molar-refractivity contribution >= 4 is 21.6 Å². The number of carbonyl (C=O) groups excluding carboxylic acids is 1. The molecule has 0 saturated carbocycles. The average molecular weight is 462 g/mol. The second-order valence-electron chi connectivity index (χ2n) is 7.62. The summed E-state index contributed by atoms with van der Waals surface area (Å²) in [6.45, 7) is 1.99. The number of nitrogens with zero attached hydrogens (tertiary/aromatic N) is 2. The number of amides is 1. The van der Waals surface area contributed by atoms with Gasteiger partial charge in [-0.3, -0.25) is 4.79 Å². The molecule has 0 aliphatic carbocycles. The Bertz CT molecular complexity index is 1420. The second kappa shape index (κ2) is 8.91. The predicted molar refractivity (Wildman–Crippen MR) is 128 cm³/mol. The van der Waals surface area contributed by atoms with E-state index in [0.29, 0.717) is 17.3 Å². The molecule has 0 fully saturated rings. The zero-order valence-corrected chi connectivity index (χ0v) is 19.3. The third-order valence-corrected chi connectivity index (χ3v) is 6.25. The van der Waals surface area contributed by atoms with Crippen molar-refractivity contribution in [2.45, 2.75) is 11.8 Å². The molecule has 1 N–H and O–H groups in total. The number of aryl methyl sites for hydroxylation is 1. The summed E-state index contributed by atoms with van der Waals surface area (Å²) >= 11 is 0. The molecule has 33 heavy (non-hydrogen) atoms. The Morgan fingerprint density at radius 2 is 1.70 bits per heavy atom. The first-order valence-corrected chi connectivity index (χ1v) is 12.1. The van der Waals surface area contributed by atoms with E-state index >= 15 is 0 Å². The van der Waals surface area contributed by atoms with Gasteiger partial charge in [0.05, 0.1) is 23.4 Å². The molecule has 0 bridgehead atoms. The van der Waals surface area contributed by atoms with Crippen LogP contribution in [0.3, 0.4) is 0 Å². The lowest BCUT2D eigenvalue weighted by atomic mass is 10.1. The smallest absolute Gasteiger partial charge is 0.256 e. The third kappa shape index (κ3) is 4.80. The lowest BCUT2D eigenvalue weighted by Gasteiger charge is -2.10. The average Bonchev–Trinajstić information content (AvgIpc) is 3.22. The Morgan fingerprint density at radius 3 is 2.39 bits per heavy atom. The van der Waals surface area contributed by atoms with Crippen LogP contribution < -0.4 is 10.1 Å². The number of benzene rings is 3. The first kappa shape index (κ1) is 22.3. The first-order chi connectivity index (χ1) is 15.8. The molecule has 1 aromatic heterocycles. The fourth-order valence-electron chi connectivity index (χ4n) is 3.40. The Labute approximate surface area is 192 Å². The molecule has 4 aromatic rings. The van der Waals surface area contributed by atoms with Gasteiger partial charge in [-0.1, -0.05) is 35.9 Å². The number of hydrogen-bond donors (Lipinski definition) is 1. The summed E-state index contributed by atoms with van der Waals surface area (Å²) in [6, 6.07) is 22.9. The molecule has 0 aliphatic heterocycles. The highest BCUT2D eigenvalue weighted by Crippen LogP contribution is 2.32. The minimum Gasteiger partial charge on any atom is -0.496 e. The Balaban J connectivity index is 1.77. The first-order valence-electron chi connectivity index (χ1n) is 10.2. The van der Waals surface area contributed by atoms with Gasteiger partial charge in [0.1, 0.15) is 11.6 Å². The number of nitrogens with one attached hydrogen (secondary N) is 1. The lowest BCUT2D eigenvalue weighted by Crippen LogP contribution is -2.15. The molecule has 0 unspecified atom stereocenters. The van der Waals surface area contributed by atoms with E-state index < -0.39 is 15.7 Å². The van der Waals surface area contributed by atoms with E-state index in [2.05, 4.69) is 5.32 Å². The second-order valence-corrected chi connectivity index (χ2v) is 9.63. The molecule has 0 aliphatic rings. The maximum atomic E-state index is 13.0. The standard InChI is InChI=1S/C25H23N3O4S/c1-17-11-13-19(14-12-17)28-24(16-22(27-28)21-9-4-5-10-23(21)32-2)26-25(29)18-7-6-8-20(15-18)33(3,30)31/h4-16H,1-3H3,(H,26,29). The van der Waals surface area contributed by atoms with Gasteiger partial charge in [0, 0.05) is 23.4 Å². The van der Waals surface area contributed by atoms with Crippen LogP contribution in [0.4, 0.5) is 5.82 Å². The van der Waals surface area contributed by atoms with Gasteiger partial charge in [-0.25, -0.2) is 13.1 Å². The molecular weight excluding hydrogens is 438 g/mol. The predicted octanol–water partition coefficient (Wildman–Crippen LogP) is 4.51. The number of aromatic nitrogens is 2. The molecule has 1 amide bonds. The summed E-state index contributed by atoms with van der Waals surface area (Å²) < 4.78 is 30.9. The molecule has 0 atom stereocenters. The number of sulfone groups is 1. The van der Waals surface area contributed by atoms with E-state index in [1.54, 1.807) is 30.0 Å². The minimum atomic E-state index is -3.44. The molecule has 0 spiro atoms. The van der Waals surface area contributed by atoms with Crippen LogP contribution in [0.2, 0.25) is 0 Å². The summed E-state index contributed by atoms with van der Waals surface area (Å²) in [5.41, 5.74) is 3.49. The van der Waals surface area contributed by atoms with Gasteiger partial charge in [0.15, 0.2) is 9.84 Å². The van der Waals surface area contributed by atoms with Gasteiger partial charge >= 0.3 is 0 Å². The van der Waals surface area contributed by atoms with Crippen molar-refractivity contribution in [1.82, 2.24) is 9.78 Å². The normalized spacial score (nSPS) is 11.2. The van der Waals surface area contributed by atoms with E-state index in [-0.39, 0.29) is 10.5 Å². The van der Waals surface area contributed by atoms with Crippen molar-refractivity contribution < 1.29 is 17.9 Å². The summed E-state index contributed by atoms with van der Waals surface area (Å²) in [6.07, 6.45) is 1.11. The number of methoxy groups -OCH3 is 1. The van der Waals surface area contributed by atoms with Crippen molar-refractivity contribution in [3.8, 4) is 22.7 Å². The maximum absolute atomic E-state index is 13.0. The van der Waals surface area contributed by atoms with Gasteiger partial charge in [-0.15, -0.1) is 0 Å². The van der Waals surface area contributed by atoms with Crippen LogP contribution in [0.5, 0.6) is 5.75 Å². The third-order valence-electron chi connectivity index (χ3n) is 5.14. The Morgan fingerprint density at radius 1 is 0.970 bits per heavy atom. The van der Waals surface area contributed by atoms with Gasteiger partial charge in [-0.2, -0.15) is 5.10 Å². The van der Waals surface area contributed by atoms with Crippen molar-refractivity contribution in [2.75, 3.05) is 18.7 Å². The summed E-state index contributed by atoms with van der Waals surface area (Å²) in [5.74, 6) is 0.652. The number of para-hydroxylation sites is 1. The molecule has 0 saturated heterocycles. The molecule has 1 heterocycles. The quantitative estimate of drug-likeness (QED) is 0.456. The molecular formula is C25H23N3O4S. The Kier molecular flexibility index (Phi) is 6.02. The molecule has 4 rings (SSSR count). The van der Waals surface area contributed by atoms with Crippen molar-refractivity contribution in [3.63, 3.8) is 0 Å². The molecule has 0 radical (unpaired) electrons. The van der Waals surface area contributed by atoms with Crippen molar-refractivity contribution in [1.29, 1.82) is 0 Å². The highest BCUT2D eigenvalue weighted by molar-refractivity contribution is 7.90. The van der Waals surface area contributed by atoms with Gasteiger partial charge < -0.3 is 10.1 Å². The van der Waals surface area contributed by atoms with Crippen LogP contribution >= 0.6 is 0 Å². The number of carbonyl (C=O) groups is 1. The fraction of sp³-hybridized carbons (Fsp3) is 0.120. The summed E-state index contributed by atoms with van der Waals surface area (Å²) in [5, 5.41) is 7.59. The molecule has 168 valence electrons. The molecule has 3 aromatic carbocycles. The van der Waals surface area contributed by atoms with E-state index in [9.17, 15) is 13.2 Å². The van der Waals surface area contributed by atoms with E-state index in [1.807, 2.05) is 55.5 Å². The van der Waals surface area contributed by atoms with Crippen LogP contribution in [-0.2, 0) is 9.84 Å². The minimum absolute atomic E-state index is 0.0805. The number of anilines is 1. The van der Waals surface area contributed by atoms with Gasteiger partial charge in [0.2, 0.25) is 0 Å². The number of rotatable bonds is 6. The lowest BCUT2D eigenvalue weighted by molar-refractivity contribution is 0.102. The van der Waals surface area contributed by atoms with E-state index in [0.717, 1.165) is 23.1 Å². The largest absolute Gasteiger partial charge is 0.496 e. The Hall–Kier alpha value is -3.91. The van der Waals surface area contributed by atoms with Crippen LogP contribution in [0.25, 0.3) is 16.9 Å². The van der Waals surface area contributed by atoms with Crippen LogP contribution in [-0.4, -0.2) is 37.5 Å². The topological polar surface area (TPSA) is 90.3 Å².